The first-order valence-electron chi connectivity index (χ1n) is 6.31. The number of ether oxygens (including phenoxy) is 2. The average Bonchev–Trinajstić information content (AvgIpc) is 2.81. The molecule has 0 saturated carbocycles. The van der Waals surface area contributed by atoms with E-state index in [0.717, 1.165) is 7.11 Å². The van der Waals surface area contributed by atoms with Crippen molar-refractivity contribution in [3.63, 3.8) is 0 Å². The van der Waals surface area contributed by atoms with Gasteiger partial charge in [0.1, 0.15) is 5.82 Å². The van der Waals surface area contributed by atoms with Crippen molar-refractivity contribution in [3.8, 4) is 0 Å². The van der Waals surface area contributed by atoms with Crippen LogP contribution in [0.25, 0.3) is 10.9 Å². The van der Waals surface area contributed by atoms with Gasteiger partial charge in [-0.3, -0.25) is 4.74 Å². The largest absolute Gasteiger partial charge is 0.522 e. The van der Waals surface area contributed by atoms with E-state index in [9.17, 15) is 22.4 Å². The van der Waals surface area contributed by atoms with Crippen LogP contribution in [0.1, 0.15) is 15.9 Å². The highest BCUT2D eigenvalue weighted by Crippen LogP contribution is 2.28. The summed E-state index contributed by atoms with van der Waals surface area (Å²) < 4.78 is 59.8. The standard InChI is InChI=1S/C14H13F4NO3/c1-8-3-4-10(15)11-9(13(20)21-2)7-19(12(8)11)5-6-22-14(16,17)18/h3-4,7H,5-6H2,1-2H3. The number of fused-ring (bicyclic) bond motifs is 1. The molecule has 22 heavy (non-hydrogen) atoms. The number of nitrogens with zero attached hydrogens (tertiary/aromatic N) is 1. The highest BCUT2D eigenvalue weighted by molar-refractivity contribution is 6.05. The van der Waals surface area contributed by atoms with E-state index >= 15 is 0 Å². The summed E-state index contributed by atoms with van der Waals surface area (Å²) in [5, 5.41) is 0.0267. The summed E-state index contributed by atoms with van der Waals surface area (Å²) in [5.74, 6) is -1.40. The van der Waals surface area contributed by atoms with E-state index in [1.807, 2.05) is 0 Å². The Morgan fingerprint density at radius 2 is 2.00 bits per heavy atom. The highest BCUT2D eigenvalue weighted by Gasteiger charge is 2.29. The molecule has 0 fully saturated rings. The number of hydrogen-bond donors (Lipinski definition) is 0. The van der Waals surface area contributed by atoms with Gasteiger partial charge in [0, 0.05) is 12.7 Å². The second kappa shape index (κ2) is 5.96. The van der Waals surface area contributed by atoms with Gasteiger partial charge in [-0.2, -0.15) is 0 Å². The lowest BCUT2D eigenvalue weighted by Gasteiger charge is -2.10. The molecule has 1 aromatic carbocycles. The van der Waals surface area contributed by atoms with Crippen LogP contribution in [0.2, 0.25) is 0 Å². The number of alkyl halides is 3. The van der Waals surface area contributed by atoms with Crippen molar-refractivity contribution < 1.29 is 31.8 Å². The van der Waals surface area contributed by atoms with Crippen LogP contribution in [0.3, 0.4) is 0 Å². The average molecular weight is 319 g/mol. The number of esters is 1. The maximum atomic E-state index is 14.0. The molecular formula is C14H13F4NO3. The van der Waals surface area contributed by atoms with Gasteiger partial charge in [-0.25, -0.2) is 9.18 Å². The van der Waals surface area contributed by atoms with Gasteiger partial charge in [0.15, 0.2) is 0 Å². The fourth-order valence-electron chi connectivity index (χ4n) is 2.28. The first kappa shape index (κ1) is 16.3. The molecule has 0 amide bonds. The Morgan fingerprint density at radius 3 is 2.59 bits per heavy atom. The first-order valence-corrected chi connectivity index (χ1v) is 6.31. The molecule has 0 spiro atoms. The third-order valence-corrected chi connectivity index (χ3v) is 3.17. The van der Waals surface area contributed by atoms with Crippen molar-refractivity contribution in [3.05, 3.63) is 35.3 Å². The SMILES string of the molecule is COC(=O)c1cn(CCOC(F)(F)F)c2c(C)ccc(F)c12. The number of benzene rings is 1. The normalized spacial score (nSPS) is 11.9. The topological polar surface area (TPSA) is 40.5 Å². The molecule has 0 aliphatic heterocycles. The molecule has 0 radical (unpaired) electrons. The molecule has 2 aromatic rings. The maximum Gasteiger partial charge on any atom is 0.522 e. The Balaban J connectivity index is 2.46. The van der Waals surface area contributed by atoms with Crippen LogP contribution in [-0.4, -0.2) is 30.6 Å². The minimum atomic E-state index is -4.74. The quantitative estimate of drug-likeness (QED) is 0.640. The van der Waals surface area contributed by atoms with E-state index in [4.69, 9.17) is 0 Å². The van der Waals surface area contributed by atoms with Crippen LogP contribution in [0.4, 0.5) is 17.6 Å². The van der Waals surface area contributed by atoms with Crippen molar-refractivity contribution in [1.29, 1.82) is 0 Å². The van der Waals surface area contributed by atoms with E-state index in [-0.39, 0.29) is 17.5 Å². The Bertz CT molecular complexity index is 706. The minimum Gasteiger partial charge on any atom is -0.465 e. The number of carbonyl (C=O) groups is 1. The number of hydrogen-bond acceptors (Lipinski definition) is 3. The molecule has 120 valence electrons. The van der Waals surface area contributed by atoms with Gasteiger partial charge in [0.25, 0.3) is 0 Å². The highest BCUT2D eigenvalue weighted by atomic mass is 19.4. The molecule has 8 heteroatoms. The molecule has 0 aliphatic rings. The summed E-state index contributed by atoms with van der Waals surface area (Å²) in [6, 6.07) is 2.68. The third-order valence-electron chi connectivity index (χ3n) is 3.17. The molecule has 0 aliphatic carbocycles. The van der Waals surface area contributed by atoms with Gasteiger partial charge in [-0.15, -0.1) is 13.2 Å². The summed E-state index contributed by atoms with van der Waals surface area (Å²) in [6.07, 6.45) is -3.47. The predicted octanol–water partition coefficient (Wildman–Crippen LogP) is 3.41. The maximum absolute atomic E-state index is 14.0. The molecular weight excluding hydrogens is 306 g/mol. The fraction of sp³-hybridized carbons (Fsp3) is 0.357. The number of methoxy groups -OCH3 is 1. The molecule has 0 saturated heterocycles. The Kier molecular flexibility index (Phi) is 4.41. The molecule has 1 aromatic heterocycles. The molecule has 0 unspecified atom stereocenters. The lowest BCUT2D eigenvalue weighted by Crippen LogP contribution is -2.17. The van der Waals surface area contributed by atoms with Crippen molar-refractivity contribution >= 4 is 16.9 Å². The molecule has 4 nitrogen and oxygen atoms in total. The first-order chi connectivity index (χ1) is 10.2. The van der Waals surface area contributed by atoms with Crippen molar-refractivity contribution in [1.82, 2.24) is 4.57 Å². The zero-order chi connectivity index (χ0) is 16.5. The van der Waals surface area contributed by atoms with Gasteiger partial charge in [0.2, 0.25) is 0 Å². The second-order valence-electron chi connectivity index (χ2n) is 4.61. The van der Waals surface area contributed by atoms with Crippen LogP contribution in [0.15, 0.2) is 18.3 Å². The summed E-state index contributed by atoms with van der Waals surface area (Å²) in [5.41, 5.74) is 0.926. The Morgan fingerprint density at radius 1 is 1.32 bits per heavy atom. The Hall–Kier alpha value is -2.09. The Labute approximate surface area is 123 Å². The lowest BCUT2D eigenvalue weighted by molar-refractivity contribution is -0.325. The van der Waals surface area contributed by atoms with Gasteiger partial charge < -0.3 is 9.30 Å². The lowest BCUT2D eigenvalue weighted by atomic mass is 10.1. The third kappa shape index (κ3) is 3.22. The van der Waals surface area contributed by atoms with E-state index in [0.29, 0.717) is 11.1 Å². The van der Waals surface area contributed by atoms with Gasteiger partial charge in [0.05, 0.1) is 30.2 Å². The molecule has 1 heterocycles. The van der Waals surface area contributed by atoms with Gasteiger partial charge in [-0.05, 0) is 18.6 Å². The van der Waals surface area contributed by atoms with Crippen LogP contribution >= 0.6 is 0 Å². The summed E-state index contributed by atoms with van der Waals surface area (Å²) in [7, 11) is 1.14. The molecule has 2 rings (SSSR count). The van der Waals surface area contributed by atoms with E-state index < -0.39 is 24.8 Å². The predicted molar refractivity (Wildman–Crippen MR) is 70.0 cm³/mol. The molecule has 0 atom stereocenters. The number of halogens is 4. The second-order valence-corrected chi connectivity index (χ2v) is 4.61. The van der Waals surface area contributed by atoms with Crippen LogP contribution in [-0.2, 0) is 16.0 Å². The van der Waals surface area contributed by atoms with E-state index in [2.05, 4.69) is 9.47 Å². The summed E-state index contributed by atoms with van der Waals surface area (Å²) >= 11 is 0. The number of aromatic nitrogens is 1. The van der Waals surface area contributed by atoms with Gasteiger partial charge >= 0.3 is 12.3 Å². The van der Waals surface area contributed by atoms with Crippen LogP contribution < -0.4 is 0 Å². The summed E-state index contributed by atoms with van der Waals surface area (Å²) in [4.78, 5) is 11.7. The van der Waals surface area contributed by atoms with Crippen molar-refractivity contribution in [2.75, 3.05) is 13.7 Å². The molecule has 0 N–H and O–H groups in total. The zero-order valence-electron chi connectivity index (χ0n) is 11.8. The molecule has 0 bridgehead atoms. The minimum absolute atomic E-state index is 0.0267. The number of rotatable bonds is 4. The van der Waals surface area contributed by atoms with Gasteiger partial charge in [-0.1, -0.05) is 6.07 Å². The number of aryl methyl sites for hydroxylation is 1. The van der Waals surface area contributed by atoms with Crippen LogP contribution in [0.5, 0.6) is 0 Å². The van der Waals surface area contributed by atoms with E-state index in [1.165, 1.54) is 22.9 Å². The van der Waals surface area contributed by atoms with Crippen molar-refractivity contribution in [2.45, 2.75) is 19.8 Å². The summed E-state index contributed by atoms with van der Waals surface area (Å²) in [6.45, 7) is 0.838. The van der Waals surface area contributed by atoms with Crippen LogP contribution in [0, 0.1) is 12.7 Å². The van der Waals surface area contributed by atoms with Crippen molar-refractivity contribution in [2.24, 2.45) is 0 Å². The zero-order valence-corrected chi connectivity index (χ0v) is 11.8. The smallest absolute Gasteiger partial charge is 0.465 e. The van der Waals surface area contributed by atoms with E-state index in [1.54, 1.807) is 6.92 Å². The number of carbonyl (C=O) groups excluding carboxylic acids is 1. The monoisotopic (exact) mass is 319 g/mol. The fourth-order valence-corrected chi connectivity index (χ4v) is 2.28.